The number of hydrogen-bond donors (Lipinski definition) is 0. The zero-order valence-corrected chi connectivity index (χ0v) is 14.0. The second kappa shape index (κ2) is 7.40. The van der Waals surface area contributed by atoms with E-state index in [4.69, 9.17) is 4.74 Å². The Kier molecular flexibility index (Phi) is 4.85. The van der Waals surface area contributed by atoms with Crippen LogP contribution in [-0.2, 0) is 4.74 Å². The predicted molar refractivity (Wildman–Crippen MR) is 90.6 cm³/mol. The molecule has 0 unspecified atom stereocenters. The van der Waals surface area contributed by atoms with Crippen molar-refractivity contribution in [2.45, 2.75) is 44.2 Å². The van der Waals surface area contributed by atoms with Gasteiger partial charge in [0.25, 0.3) is 0 Å². The highest BCUT2D eigenvalue weighted by Gasteiger charge is 2.31. The topological polar surface area (TPSA) is 56.1 Å². The van der Waals surface area contributed by atoms with Crippen LogP contribution in [0.3, 0.4) is 0 Å². The zero-order chi connectivity index (χ0) is 16.2. The van der Waals surface area contributed by atoms with E-state index in [9.17, 15) is 0 Å². The number of aromatic nitrogens is 4. The molecule has 2 heterocycles. The van der Waals surface area contributed by atoms with Crippen LogP contribution in [0.2, 0.25) is 0 Å². The summed E-state index contributed by atoms with van der Waals surface area (Å²) in [5.41, 5.74) is 1.26. The Bertz CT molecular complexity index is 632. The maximum absolute atomic E-state index is 5.55. The molecule has 2 aromatic rings. The average molecular weight is 327 g/mol. The summed E-state index contributed by atoms with van der Waals surface area (Å²) >= 11 is 0. The summed E-state index contributed by atoms with van der Waals surface area (Å²) in [4.78, 5) is 2.45. The molecule has 4 rings (SSSR count). The lowest BCUT2D eigenvalue weighted by Gasteiger charge is -2.35. The number of benzene rings is 1. The molecule has 6 heteroatoms. The van der Waals surface area contributed by atoms with Gasteiger partial charge in [0.2, 0.25) is 0 Å². The molecular formula is C18H25N5O. The normalized spacial score (nSPS) is 21.7. The van der Waals surface area contributed by atoms with Crippen LogP contribution in [0.5, 0.6) is 0 Å². The van der Waals surface area contributed by atoms with Crippen LogP contribution in [0.15, 0.2) is 30.3 Å². The van der Waals surface area contributed by atoms with Gasteiger partial charge in [-0.05, 0) is 28.8 Å². The van der Waals surface area contributed by atoms with Crippen molar-refractivity contribution < 1.29 is 4.74 Å². The van der Waals surface area contributed by atoms with Crippen LogP contribution in [0.1, 0.15) is 55.6 Å². The molecule has 1 saturated carbocycles. The van der Waals surface area contributed by atoms with Crippen molar-refractivity contribution in [3.8, 4) is 0 Å². The Morgan fingerprint density at radius 3 is 2.50 bits per heavy atom. The molecule has 0 spiro atoms. The first kappa shape index (κ1) is 15.7. The van der Waals surface area contributed by atoms with Crippen molar-refractivity contribution in [2.24, 2.45) is 0 Å². The number of rotatable bonds is 4. The molecule has 1 aliphatic carbocycles. The van der Waals surface area contributed by atoms with E-state index in [1.54, 1.807) is 0 Å². The fraction of sp³-hybridized carbons (Fsp3) is 0.611. The third-order valence-corrected chi connectivity index (χ3v) is 5.21. The van der Waals surface area contributed by atoms with Gasteiger partial charge in [-0.25, -0.2) is 4.68 Å². The van der Waals surface area contributed by atoms with E-state index >= 15 is 0 Å². The second-order valence-electron chi connectivity index (χ2n) is 6.74. The molecular weight excluding hydrogens is 302 g/mol. The second-order valence-corrected chi connectivity index (χ2v) is 6.74. The van der Waals surface area contributed by atoms with Crippen molar-refractivity contribution in [3.05, 3.63) is 41.7 Å². The van der Waals surface area contributed by atoms with E-state index < -0.39 is 0 Å². The average Bonchev–Trinajstić information content (AvgIpc) is 3.14. The summed E-state index contributed by atoms with van der Waals surface area (Å²) in [7, 11) is 0. The molecule has 1 atom stereocenters. The first-order valence-electron chi connectivity index (χ1n) is 9.08. The van der Waals surface area contributed by atoms with Gasteiger partial charge in [0.1, 0.15) is 0 Å². The minimum absolute atomic E-state index is 0.104. The van der Waals surface area contributed by atoms with Gasteiger partial charge in [0.05, 0.1) is 25.3 Å². The third kappa shape index (κ3) is 3.21. The quantitative estimate of drug-likeness (QED) is 0.864. The lowest BCUT2D eigenvalue weighted by molar-refractivity contribution is 0.0211. The van der Waals surface area contributed by atoms with E-state index in [1.165, 1.54) is 37.7 Å². The van der Waals surface area contributed by atoms with Gasteiger partial charge < -0.3 is 4.74 Å². The first-order chi connectivity index (χ1) is 11.9. The van der Waals surface area contributed by atoms with Crippen molar-refractivity contribution in [3.63, 3.8) is 0 Å². The van der Waals surface area contributed by atoms with E-state index in [2.05, 4.69) is 55.4 Å². The van der Waals surface area contributed by atoms with E-state index in [0.717, 1.165) is 32.1 Å². The molecule has 0 radical (unpaired) electrons. The minimum Gasteiger partial charge on any atom is -0.379 e. The number of ether oxygens (including phenoxy) is 1. The van der Waals surface area contributed by atoms with Gasteiger partial charge >= 0.3 is 0 Å². The predicted octanol–water partition coefficient (Wildman–Crippen LogP) is 2.60. The van der Waals surface area contributed by atoms with E-state index in [-0.39, 0.29) is 6.04 Å². The standard InChI is InChI=1S/C18H25N5O/c1-3-7-15(8-4-1)17(22-11-13-24-14-12-22)18-19-20-21-23(18)16-9-5-2-6-10-16/h1,3-4,7-8,16-17H,2,5-6,9-14H2/t17-/m1/s1. The fourth-order valence-corrected chi connectivity index (χ4v) is 3.96. The fourth-order valence-electron chi connectivity index (χ4n) is 3.96. The number of morpholine rings is 1. The van der Waals surface area contributed by atoms with Crippen molar-refractivity contribution in [1.29, 1.82) is 0 Å². The third-order valence-electron chi connectivity index (χ3n) is 5.21. The van der Waals surface area contributed by atoms with Crippen LogP contribution in [0.25, 0.3) is 0 Å². The summed E-state index contributed by atoms with van der Waals surface area (Å²) in [5, 5.41) is 12.9. The summed E-state index contributed by atoms with van der Waals surface area (Å²) in [6, 6.07) is 11.2. The summed E-state index contributed by atoms with van der Waals surface area (Å²) in [6.45, 7) is 3.37. The molecule has 0 N–H and O–H groups in total. The lowest BCUT2D eigenvalue weighted by atomic mass is 9.95. The SMILES string of the molecule is c1ccc([C@H](c2nnnn2C2CCCCC2)N2CCOCC2)cc1. The van der Waals surface area contributed by atoms with Crippen LogP contribution in [0.4, 0.5) is 0 Å². The van der Waals surface area contributed by atoms with Gasteiger partial charge in [0.15, 0.2) is 5.82 Å². The lowest BCUT2D eigenvalue weighted by Crippen LogP contribution is -2.41. The highest BCUT2D eigenvalue weighted by Crippen LogP contribution is 2.33. The van der Waals surface area contributed by atoms with Crippen LogP contribution in [0, 0.1) is 0 Å². The molecule has 0 bridgehead atoms. The van der Waals surface area contributed by atoms with Crippen molar-refractivity contribution in [2.75, 3.05) is 26.3 Å². The van der Waals surface area contributed by atoms with Gasteiger partial charge in [-0.2, -0.15) is 0 Å². The highest BCUT2D eigenvalue weighted by molar-refractivity contribution is 5.25. The number of tetrazole rings is 1. The van der Waals surface area contributed by atoms with Gasteiger partial charge in [-0.3, -0.25) is 4.90 Å². The summed E-state index contributed by atoms with van der Waals surface area (Å²) in [5.74, 6) is 0.981. The molecule has 1 aliphatic heterocycles. The Morgan fingerprint density at radius 2 is 1.75 bits per heavy atom. The van der Waals surface area contributed by atoms with Gasteiger partial charge in [-0.15, -0.1) is 5.10 Å². The zero-order valence-electron chi connectivity index (χ0n) is 14.0. The number of hydrogen-bond acceptors (Lipinski definition) is 5. The van der Waals surface area contributed by atoms with E-state index in [0.29, 0.717) is 6.04 Å². The first-order valence-corrected chi connectivity index (χ1v) is 9.08. The molecule has 1 saturated heterocycles. The Morgan fingerprint density at radius 1 is 1.00 bits per heavy atom. The molecule has 6 nitrogen and oxygen atoms in total. The monoisotopic (exact) mass is 327 g/mol. The molecule has 0 amide bonds. The smallest absolute Gasteiger partial charge is 0.173 e. The molecule has 2 fully saturated rings. The highest BCUT2D eigenvalue weighted by atomic mass is 16.5. The molecule has 24 heavy (non-hydrogen) atoms. The summed E-state index contributed by atoms with van der Waals surface area (Å²) in [6.07, 6.45) is 6.25. The largest absolute Gasteiger partial charge is 0.379 e. The molecule has 1 aromatic carbocycles. The number of nitrogens with zero attached hydrogens (tertiary/aromatic N) is 5. The molecule has 1 aromatic heterocycles. The van der Waals surface area contributed by atoms with E-state index in [1.807, 2.05) is 0 Å². The van der Waals surface area contributed by atoms with Crippen molar-refractivity contribution in [1.82, 2.24) is 25.1 Å². The van der Waals surface area contributed by atoms with Crippen LogP contribution in [-0.4, -0.2) is 51.4 Å². The maximum atomic E-state index is 5.55. The van der Waals surface area contributed by atoms with Crippen LogP contribution < -0.4 is 0 Å². The van der Waals surface area contributed by atoms with Crippen molar-refractivity contribution >= 4 is 0 Å². The Hall–Kier alpha value is -1.79. The van der Waals surface area contributed by atoms with Crippen LogP contribution >= 0.6 is 0 Å². The Balaban J connectivity index is 1.69. The van der Waals surface area contributed by atoms with Gasteiger partial charge in [-0.1, -0.05) is 49.6 Å². The molecule has 2 aliphatic rings. The maximum Gasteiger partial charge on any atom is 0.173 e. The molecule has 128 valence electrons. The summed E-state index contributed by atoms with van der Waals surface area (Å²) < 4.78 is 7.65. The Labute approximate surface area is 142 Å². The van der Waals surface area contributed by atoms with Gasteiger partial charge in [0, 0.05) is 13.1 Å². The minimum atomic E-state index is 0.104.